The number of thiophene rings is 1. The molecule has 0 radical (unpaired) electrons. The highest BCUT2D eigenvalue weighted by Crippen LogP contribution is 2.36. The monoisotopic (exact) mass is 366 g/mol. The van der Waals surface area contributed by atoms with Crippen molar-refractivity contribution in [3.63, 3.8) is 0 Å². The van der Waals surface area contributed by atoms with Crippen molar-refractivity contribution in [2.75, 3.05) is 0 Å². The van der Waals surface area contributed by atoms with E-state index in [0.29, 0.717) is 0 Å². The SMILES string of the molecule is c1ccc2sc(-c3ccc4oc(-c5cnc6[nH]ccc6c5)cc4c3)cc2c1. The number of benzene rings is 2. The van der Waals surface area contributed by atoms with Crippen LogP contribution >= 0.6 is 11.3 Å². The number of H-pyrrole nitrogens is 1. The predicted molar refractivity (Wildman–Crippen MR) is 112 cm³/mol. The number of pyridine rings is 1. The van der Waals surface area contributed by atoms with Gasteiger partial charge in [0.05, 0.1) is 0 Å². The van der Waals surface area contributed by atoms with Crippen molar-refractivity contribution in [2.24, 2.45) is 0 Å². The Balaban J connectivity index is 1.46. The van der Waals surface area contributed by atoms with E-state index in [4.69, 9.17) is 4.42 Å². The molecule has 4 heterocycles. The molecule has 2 aromatic carbocycles. The minimum absolute atomic E-state index is 0.842. The quantitative estimate of drug-likeness (QED) is 0.364. The number of furan rings is 1. The highest BCUT2D eigenvalue weighted by atomic mass is 32.1. The number of fused-ring (bicyclic) bond motifs is 3. The fraction of sp³-hybridized carbons (Fsp3) is 0. The average molecular weight is 366 g/mol. The van der Waals surface area contributed by atoms with Gasteiger partial charge in [0.15, 0.2) is 0 Å². The van der Waals surface area contributed by atoms with Gasteiger partial charge in [-0.3, -0.25) is 0 Å². The van der Waals surface area contributed by atoms with Gasteiger partial charge in [-0.2, -0.15) is 0 Å². The molecule has 128 valence electrons. The van der Waals surface area contributed by atoms with Crippen LogP contribution in [0.4, 0.5) is 0 Å². The summed E-state index contributed by atoms with van der Waals surface area (Å²) in [7, 11) is 0. The molecule has 4 aromatic heterocycles. The Morgan fingerprint density at radius 3 is 2.70 bits per heavy atom. The average Bonchev–Trinajstić information content (AvgIpc) is 3.42. The lowest BCUT2D eigenvalue weighted by molar-refractivity contribution is 0.631. The number of nitrogens with one attached hydrogen (secondary N) is 1. The van der Waals surface area contributed by atoms with Gasteiger partial charge >= 0.3 is 0 Å². The zero-order valence-electron chi connectivity index (χ0n) is 14.3. The van der Waals surface area contributed by atoms with Crippen molar-refractivity contribution in [3.8, 4) is 21.8 Å². The Bertz CT molecular complexity index is 1400. The summed E-state index contributed by atoms with van der Waals surface area (Å²) in [4.78, 5) is 8.86. The summed E-state index contributed by atoms with van der Waals surface area (Å²) in [6.07, 6.45) is 3.75. The van der Waals surface area contributed by atoms with Crippen molar-refractivity contribution in [1.82, 2.24) is 9.97 Å². The third-order valence-electron chi connectivity index (χ3n) is 4.91. The number of aromatic nitrogens is 2. The molecule has 0 spiro atoms. The van der Waals surface area contributed by atoms with Gasteiger partial charge in [0.1, 0.15) is 17.0 Å². The van der Waals surface area contributed by atoms with Crippen LogP contribution in [0.5, 0.6) is 0 Å². The maximum absolute atomic E-state index is 6.08. The molecule has 0 bridgehead atoms. The number of hydrogen-bond donors (Lipinski definition) is 1. The smallest absolute Gasteiger partial charge is 0.137 e. The van der Waals surface area contributed by atoms with Crippen molar-refractivity contribution < 1.29 is 4.42 Å². The zero-order chi connectivity index (χ0) is 17.8. The molecular formula is C23H14N2OS. The first-order chi connectivity index (χ1) is 13.3. The Morgan fingerprint density at radius 2 is 1.74 bits per heavy atom. The van der Waals surface area contributed by atoms with Crippen molar-refractivity contribution in [2.45, 2.75) is 0 Å². The van der Waals surface area contributed by atoms with Crippen LogP contribution in [-0.2, 0) is 0 Å². The summed E-state index contributed by atoms with van der Waals surface area (Å²) < 4.78 is 7.39. The zero-order valence-corrected chi connectivity index (χ0v) is 15.1. The Morgan fingerprint density at radius 1 is 0.815 bits per heavy atom. The molecule has 1 N–H and O–H groups in total. The lowest BCUT2D eigenvalue weighted by Crippen LogP contribution is -1.78. The topological polar surface area (TPSA) is 41.8 Å². The van der Waals surface area contributed by atoms with Crippen LogP contribution in [0.2, 0.25) is 0 Å². The molecule has 0 saturated heterocycles. The van der Waals surface area contributed by atoms with Crippen LogP contribution in [0.15, 0.2) is 83.5 Å². The van der Waals surface area contributed by atoms with E-state index in [0.717, 1.165) is 33.3 Å². The lowest BCUT2D eigenvalue weighted by Gasteiger charge is -1.96. The van der Waals surface area contributed by atoms with Crippen LogP contribution in [0.1, 0.15) is 0 Å². The van der Waals surface area contributed by atoms with Crippen LogP contribution < -0.4 is 0 Å². The Kier molecular flexibility index (Phi) is 3.04. The molecule has 0 unspecified atom stereocenters. The van der Waals surface area contributed by atoms with Gasteiger partial charge in [-0.15, -0.1) is 11.3 Å². The van der Waals surface area contributed by atoms with E-state index in [1.54, 1.807) is 0 Å². The lowest BCUT2D eigenvalue weighted by atomic mass is 10.1. The molecule has 0 atom stereocenters. The predicted octanol–water partition coefficient (Wildman–Crippen LogP) is 6.86. The molecular weight excluding hydrogens is 352 g/mol. The maximum atomic E-state index is 6.08. The number of hydrogen-bond acceptors (Lipinski definition) is 3. The van der Waals surface area contributed by atoms with E-state index >= 15 is 0 Å². The van der Waals surface area contributed by atoms with Crippen molar-refractivity contribution in [1.29, 1.82) is 0 Å². The van der Waals surface area contributed by atoms with E-state index in [1.165, 1.54) is 20.5 Å². The van der Waals surface area contributed by atoms with E-state index in [9.17, 15) is 0 Å². The van der Waals surface area contributed by atoms with Crippen LogP contribution in [0.25, 0.3) is 53.9 Å². The summed E-state index contributed by atoms with van der Waals surface area (Å²) >= 11 is 1.82. The molecule has 0 saturated carbocycles. The molecule has 0 aliphatic rings. The third kappa shape index (κ3) is 2.38. The molecule has 27 heavy (non-hydrogen) atoms. The molecule has 3 nitrogen and oxygen atoms in total. The molecule has 6 aromatic rings. The molecule has 0 amide bonds. The van der Waals surface area contributed by atoms with Gasteiger partial charge < -0.3 is 9.40 Å². The van der Waals surface area contributed by atoms with Gasteiger partial charge in [-0.25, -0.2) is 4.98 Å². The first-order valence-electron chi connectivity index (χ1n) is 8.80. The van der Waals surface area contributed by atoms with Gasteiger partial charge in [0, 0.05) is 38.3 Å². The summed E-state index contributed by atoms with van der Waals surface area (Å²) in [5.41, 5.74) is 3.99. The second-order valence-corrected chi connectivity index (χ2v) is 7.74. The number of rotatable bonds is 2. The summed E-state index contributed by atoms with van der Waals surface area (Å²) in [5, 5.41) is 3.48. The van der Waals surface area contributed by atoms with E-state index in [2.05, 4.69) is 70.6 Å². The molecule has 0 aliphatic heterocycles. The minimum atomic E-state index is 0.842. The highest BCUT2D eigenvalue weighted by Gasteiger charge is 2.10. The van der Waals surface area contributed by atoms with Crippen LogP contribution in [0, 0.1) is 0 Å². The second kappa shape index (κ2) is 5.56. The van der Waals surface area contributed by atoms with E-state index < -0.39 is 0 Å². The van der Waals surface area contributed by atoms with Crippen molar-refractivity contribution >= 4 is 43.4 Å². The maximum Gasteiger partial charge on any atom is 0.137 e. The molecule has 6 rings (SSSR count). The Hall–Kier alpha value is -3.37. The second-order valence-electron chi connectivity index (χ2n) is 6.65. The first kappa shape index (κ1) is 14.8. The van der Waals surface area contributed by atoms with E-state index in [-0.39, 0.29) is 0 Å². The first-order valence-corrected chi connectivity index (χ1v) is 9.61. The van der Waals surface area contributed by atoms with Gasteiger partial charge in [0.2, 0.25) is 0 Å². The van der Waals surface area contributed by atoms with Gasteiger partial charge in [-0.1, -0.05) is 18.2 Å². The summed E-state index contributed by atoms with van der Waals surface area (Å²) in [6, 6.07) is 23.4. The Labute approximate surface area is 158 Å². The van der Waals surface area contributed by atoms with Gasteiger partial charge in [-0.05, 0) is 59.5 Å². The highest BCUT2D eigenvalue weighted by molar-refractivity contribution is 7.22. The number of nitrogens with zero attached hydrogens (tertiary/aromatic N) is 1. The fourth-order valence-electron chi connectivity index (χ4n) is 3.54. The largest absolute Gasteiger partial charge is 0.456 e. The van der Waals surface area contributed by atoms with E-state index in [1.807, 2.05) is 29.8 Å². The van der Waals surface area contributed by atoms with Gasteiger partial charge in [0.25, 0.3) is 0 Å². The standard InChI is InChI=1S/C23H14N2OS/c1-2-4-21-14(3-1)12-22(27-21)15-5-6-19-17(9-15)11-20(26-19)18-10-16-7-8-24-23(16)25-13-18/h1-13H,(H,24,25). The van der Waals surface area contributed by atoms with Crippen molar-refractivity contribution in [3.05, 3.63) is 79.1 Å². The molecule has 0 fully saturated rings. The number of aromatic amines is 1. The minimum Gasteiger partial charge on any atom is -0.456 e. The van der Waals surface area contributed by atoms with Crippen LogP contribution in [0.3, 0.4) is 0 Å². The normalized spacial score (nSPS) is 11.7. The third-order valence-corrected chi connectivity index (χ3v) is 6.08. The summed E-state index contributed by atoms with van der Waals surface area (Å²) in [5.74, 6) is 0.842. The molecule has 0 aliphatic carbocycles. The summed E-state index contributed by atoms with van der Waals surface area (Å²) in [6.45, 7) is 0. The fourth-order valence-corrected chi connectivity index (χ4v) is 4.60. The van der Waals surface area contributed by atoms with Crippen LogP contribution in [-0.4, -0.2) is 9.97 Å². The molecule has 4 heteroatoms.